The van der Waals surface area contributed by atoms with Gasteiger partial charge in [0.25, 0.3) is 5.91 Å². The van der Waals surface area contributed by atoms with E-state index in [4.69, 9.17) is 0 Å². The largest absolute Gasteiger partial charge is 0.345 e. The molecule has 33 heavy (non-hydrogen) atoms. The number of piperidine rings is 1. The Morgan fingerprint density at radius 2 is 1.88 bits per heavy atom. The Balaban J connectivity index is 1.36. The van der Waals surface area contributed by atoms with Crippen molar-refractivity contribution in [2.24, 2.45) is 7.05 Å². The maximum Gasteiger partial charge on any atom is 0.255 e. The van der Waals surface area contributed by atoms with Gasteiger partial charge < -0.3 is 14.5 Å². The van der Waals surface area contributed by atoms with Gasteiger partial charge in [-0.05, 0) is 36.2 Å². The molecule has 3 amide bonds. The Kier molecular flexibility index (Phi) is 4.19. The third-order valence-electron chi connectivity index (χ3n) is 6.43. The zero-order valence-corrected chi connectivity index (χ0v) is 17.8. The molecule has 0 spiro atoms. The van der Waals surface area contributed by atoms with Crippen LogP contribution in [0.15, 0.2) is 49.1 Å². The van der Waals surface area contributed by atoms with Gasteiger partial charge in [-0.1, -0.05) is 12.1 Å². The predicted molar refractivity (Wildman–Crippen MR) is 120 cm³/mol. The van der Waals surface area contributed by atoms with Crippen LogP contribution in [0.25, 0.3) is 33.5 Å². The topological polar surface area (TPSA) is 113 Å². The summed E-state index contributed by atoms with van der Waals surface area (Å²) in [4.78, 5) is 50.4. The Hall–Kier alpha value is -4.27. The average molecular weight is 440 g/mol. The number of hydrogen-bond acceptors (Lipinski definition) is 5. The van der Waals surface area contributed by atoms with Crippen LogP contribution in [0.3, 0.4) is 0 Å². The number of fused-ring (bicyclic) bond motifs is 2. The lowest BCUT2D eigenvalue weighted by atomic mass is 10.0. The van der Waals surface area contributed by atoms with Gasteiger partial charge in [0.1, 0.15) is 6.04 Å². The number of aromatic amines is 1. The zero-order chi connectivity index (χ0) is 22.7. The third-order valence-corrected chi connectivity index (χ3v) is 6.43. The van der Waals surface area contributed by atoms with Crippen molar-refractivity contribution in [3.05, 3.63) is 60.2 Å². The maximum absolute atomic E-state index is 13.0. The van der Waals surface area contributed by atoms with Crippen molar-refractivity contribution in [1.29, 1.82) is 0 Å². The summed E-state index contributed by atoms with van der Waals surface area (Å²) in [5.41, 5.74) is 6.94. The zero-order valence-electron chi connectivity index (χ0n) is 17.8. The molecule has 6 rings (SSSR count). The normalized spacial score (nSPS) is 18.2. The molecular weight excluding hydrogens is 420 g/mol. The molecule has 2 N–H and O–H groups in total. The number of rotatable bonds is 3. The molecule has 1 unspecified atom stereocenters. The second-order valence-corrected chi connectivity index (χ2v) is 8.46. The predicted octanol–water partition coefficient (Wildman–Crippen LogP) is 2.39. The summed E-state index contributed by atoms with van der Waals surface area (Å²) in [7, 11) is 1.95. The van der Waals surface area contributed by atoms with Gasteiger partial charge in [-0.2, -0.15) is 0 Å². The van der Waals surface area contributed by atoms with E-state index in [0.29, 0.717) is 18.5 Å². The van der Waals surface area contributed by atoms with E-state index in [2.05, 4.69) is 20.3 Å². The Bertz CT molecular complexity index is 1470. The monoisotopic (exact) mass is 440 g/mol. The van der Waals surface area contributed by atoms with Crippen molar-refractivity contribution in [1.82, 2.24) is 29.7 Å². The molecule has 2 aliphatic heterocycles. The van der Waals surface area contributed by atoms with Crippen LogP contribution in [0.4, 0.5) is 0 Å². The van der Waals surface area contributed by atoms with E-state index in [9.17, 15) is 14.4 Å². The van der Waals surface area contributed by atoms with E-state index in [-0.39, 0.29) is 18.2 Å². The Morgan fingerprint density at radius 3 is 2.73 bits per heavy atom. The van der Waals surface area contributed by atoms with Crippen LogP contribution in [0.5, 0.6) is 0 Å². The molecule has 164 valence electrons. The Labute approximate surface area is 188 Å². The quantitative estimate of drug-likeness (QED) is 0.475. The summed E-state index contributed by atoms with van der Waals surface area (Å²) in [6, 6.07) is 11.1. The first-order valence-electron chi connectivity index (χ1n) is 10.7. The minimum absolute atomic E-state index is 0.183. The summed E-state index contributed by atoms with van der Waals surface area (Å²) in [6.45, 7) is 0.330. The number of aromatic nitrogens is 4. The van der Waals surface area contributed by atoms with Gasteiger partial charge in [0.15, 0.2) is 0 Å². The number of carbonyl (C=O) groups is 3. The summed E-state index contributed by atoms with van der Waals surface area (Å²) in [6.07, 6.45) is 4.03. The van der Waals surface area contributed by atoms with Crippen LogP contribution in [0.2, 0.25) is 0 Å². The van der Waals surface area contributed by atoms with Gasteiger partial charge in [-0.3, -0.25) is 19.7 Å². The molecule has 0 aliphatic carbocycles. The van der Waals surface area contributed by atoms with Crippen LogP contribution in [-0.4, -0.2) is 48.2 Å². The number of imidazole rings is 2. The van der Waals surface area contributed by atoms with Gasteiger partial charge in [0.2, 0.25) is 11.8 Å². The first-order valence-corrected chi connectivity index (χ1v) is 10.7. The van der Waals surface area contributed by atoms with E-state index < -0.39 is 11.9 Å². The molecule has 2 aromatic carbocycles. The highest BCUT2D eigenvalue weighted by Crippen LogP contribution is 2.35. The molecule has 2 aliphatic rings. The molecule has 1 saturated heterocycles. The summed E-state index contributed by atoms with van der Waals surface area (Å²) in [5, 5.41) is 2.34. The standard InChI is InChI=1S/C24H20N6O3/c1-29-12-27-21(22(29)14-3-5-17-18(9-14)26-11-25-17)13-2-4-16-15(8-13)10-30(24(16)33)19-6-7-20(31)28-23(19)32/h2-5,8-9,11-12,19H,6-7,10H2,1H3,(H,25,26)(H,28,31,32). The number of H-pyrrole nitrogens is 1. The molecule has 4 heterocycles. The molecule has 4 aromatic rings. The summed E-state index contributed by atoms with van der Waals surface area (Å²) >= 11 is 0. The van der Waals surface area contributed by atoms with Crippen molar-refractivity contribution >= 4 is 28.8 Å². The fourth-order valence-electron chi connectivity index (χ4n) is 4.79. The second kappa shape index (κ2) is 7.13. The van der Waals surface area contributed by atoms with Crippen molar-refractivity contribution in [3.63, 3.8) is 0 Å². The van der Waals surface area contributed by atoms with E-state index in [1.807, 2.05) is 41.9 Å². The number of hydrogen-bond donors (Lipinski definition) is 2. The average Bonchev–Trinajstić information content (AvgIpc) is 3.50. The van der Waals surface area contributed by atoms with Crippen LogP contribution >= 0.6 is 0 Å². The number of aryl methyl sites for hydroxylation is 1. The molecule has 2 aromatic heterocycles. The summed E-state index contributed by atoms with van der Waals surface area (Å²) in [5.74, 6) is -0.885. The molecule has 0 bridgehead atoms. The SMILES string of the molecule is Cn1cnc(-c2ccc3c(c2)CN(C2CCC(=O)NC2=O)C3=O)c1-c1ccc2nc[nH]c2c1. The van der Waals surface area contributed by atoms with Crippen LogP contribution < -0.4 is 5.32 Å². The van der Waals surface area contributed by atoms with Gasteiger partial charge in [0, 0.05) is 36.7 Å². The maximum atomic E-state index is 13.0. The van der Waals surface area contributed by atoms with Gasteiger partial charge in [0.05, 0.1) is 35.1 Å². The van der Waals surface area contributed by atoms with Crippen molar-refractivity contribution < 1.29 is 14.4 Å². The highest BCUT2D eigenvalue weighted by atomic mass is 16.2. The third kappa shape index (κ3) is 3.04. The molecule has 0 radical (unpaired) electrons. The number of imide groups is 1. The molecule has 1 atom stereocenters. The number of benzene rings is 2. The van der Waals surface area contributed by atoms with Crippen LogP contribution in [0, 0.1) is 0 Å². The lowest BCUT2D eigenvalue weighted by Crippen LogP contribution is -2.52. The molecular formula is C24H20N6O3. The molecule has 9 nitrogen and oxygen atoms in total. The van der Waals surface area contributed by atoms with E-state index in [0.717, 1.165) is 39.1 Å². The minimum Gasteiger partial charge on any atom is -0.345 e. The highest BCUT2D eigenvalue weighted by Gasteiger charge is 2.39. The van der Waals surface area contributed by atoms with Gasteiger partial charge >= 0.3 is 0 Å². The highest BCUT2D eigenvalue weighted by molar-refractivity contribution is 6.05. The van der Waals surface area contributed by atoms with E-state index >= 15 is 0 Å². The van der Waals surface area contributed by atoms with Crippen molar-refractivity contribution in [2.75, 3.05) is 0 Å². The molecule has 1 fully saturated rings. The van der Waals surface area contributed by atoms with Crippen molar-refractivity contribution in [3.8, 4) is 22.5 Å². The second-order valence-electron chi connectivity index (χ2n) is 8.46. The van der Waals surface area contributed by atoms with Crippen LogP contribution in [0.1, 0.15) is 28.8 Å². The smallest absolute Gasteiger partial charge is 0.255 e. The first-order chi connectivity index (χ1) is 16.0. The van der Waals surface area contributed by atoms with E-state index in [1.165, 1.54) is 0 Å². The number of carbonyl (C=O) groups excluding carboxylic acids is 3. The first kappa shape index (κ1) is 19.4. The minimum atomic E-state index is -0.627. The Morgan fingerprint density at radius 1 is 1.03 bits per heavy atom. The van der Waals surface area contributed by atoms with Crippen molar-refractivity contribution in [2.45, 2.75) is 25.4 Å². The van der Waals surface area contributed by atoms with Crippen LogP contribution in [-0.2, 0) is 23.2 Å². The lowest BCUT2D eigenvalue weighted by molar-refractivity contribution is -0.136. The lowest BCUT2D eigenvalue weighted by Gasteiger charge is -2.29. The fraction of sp³-hybridized carbons (Fsp3) is 0.208. The number of nitrogens with one attached hydrogen (secondary N) is 2. The number of amides is 3. The molecule has 0 saturated carbocycles. The van der Waals surface area contributed by atoms with E-state index in [1.54, 1.807) is 23.6 Å². The summed E-state index contributed by atoms with van der Waals surface area (Å²) < 4.78 is 1.97. The van der Waals surface area contributed by atoms with Gasteiger partial charge in [-0.15, -0.1) is 0 Å². The molecule has 9 heteroatoms. The van der Waals surface area contributed by atoms with Gasteiger partial charge in [-0.25, -0.2) is 9.97 Å². The number of nitrogens with zero attached hydrogens (tertiary/aromatic N) is 4. The fourth-order valence-corrected chi connectivity index (χ4v) is 4.79.